The van der Waals surface area contributed by atoms with Crippen LogP contribution in [0, 0.1) is 0 Å². The lowest BCUT2D eigenvalue weighted by molar-refractivity contribution is 0.602. The number of imidazole rings is 1. The number of nitrogens with one attached hydrogen (secondary N) is 3. The van der Waals surface area contributed by atoms with Crippen molar-refractivity contribution in [2.45, 2.75) is 4.90 Å². The minimum Gasteiger partial charge on any atom is -0.323 e. The predicted octanol–water partition coefficient (Wildman–Crippen LogP) is 2.71. The number of benzene rings is 2. The van der Waals surface area contributed by atoms with Crippen LogP contribution in [-0.4, -0.2) is 39.2 Å². The zero-order chi connectivity index (χ0) is 20.9. The van der Waals surface area contributed by atoms with E-state index in [2.05, 4.69) is 25.4 Å². The van der Waals surface area contributed by atoms with Crippen molar-refractivity contribution in [2.75, 3.05) is 11.6 Å². The maximum Gasteiger partial charge on any atom is 0.323 e. The molecule has 10 heteroatoms. The Labute approximate surface area is 170 Å². The van der Waals surface area contributed by atoms with Gasteiger partial charge in [-0.25, -0.2) is 22.7 Å². The first-order valence-corrected chi connectivity index (χ1v) is 10.9. The van der Waals surface area contributed by atoms with E-state index in [9.17, 15) is 13.2 Å². The summed E-state index contributed by atoms with van der Waals surface area (Å²) in [5, 5.41) is 7.70. The number of fused-ring (bicyclic) bond motifs is 2. The molecule has 3 aromatic heterocycles. The standard InChI is InChI=1S/C20H16N6O3S/c1-30(28,29)15-6-2-12(3-7-15)18-9-5-14-11-21-19(25-26(14)18)22-13-4-8-16-17(10-13)24-20(27)23-16/h2-11H,1H3,(H,22,25)(H2,23,24,27). The lowest BCUT2D eigenvalue weighted by Crippen LogP contribution is -2.03. The third kappa shape index (κ3) is 3.22. The molecule has 0 radical (unpaired) electrons. The number of hydrogen-bond acceptors (Lipinski definition) is 6. The van der Waals surface area contributed by atoms with Crippen LogP contribution in [0.15, 0.2) is 70.5 Å². The normalized spacial score (nSPS) is 11.9. The molecule has 0 fully saturated rings. The SMILES string of the molecule is CS(=O)(=O)c1ccc(-c2ccc3cnc(Nc4ccc5[nH]c(=O)[nH]c5c4)nn23)cc1. The molecule has 2 aromatic carbocycles. The quantitative estimate of drug-likeness (QED) is 0.411. The fourth-order valence-corrected chi connectivity index (χ4v) is 3.92. The van der Waals surface area contributed by atoms with Crippen LogP contribution in [-0.2, 0) is 9.84 Å². The van der Waals surface area contributed by atoms with E-state index in [1.165, 1.54) is 6.26 Å². The monoisotopic (exact) mass is 420 g/mol. The summed E-state index contributed by atoms with van der Waals surface area (Å²) in [5.41, 5.74) is 4.29. The molecule has 0 aliphatic heterocycles. The van der Waals surface area contributed by atoms with Gasteiger partial charge in [-0.3, -0.25) is 0 Å². The lowest BCUT2D eigenvalue weighted by Gasteiger charge is -2.07. The van der Waals surface area contributed by atoms with Crippen molar-refractivity contribution >= 4 is 38.0 Å². The summed E-state index contributed by atoms with van der Waals surface area (Å²) in [4.78, 5) is 21.4. The molecule has 0 saturated heterocycles. The van der Waals surface area contributed by atoms with Crippen molar-refractivity contribution in [3.8, 4) is 11.3 Å². The number of sulfone groups is 1. The van der Waals surface area contributed by atoms with Crippen molar-refractivity contribution in [3.05, 3.63) is 71.3 Å². The first-order chi connectivity index (χ1) is 14.4. The van der Waals surface area contributed by atoms with E-state index in [-0.39, 0.29) is 10.6 Å². The maximum absolute atomic E-state index is 11.7. The number of hydrogen-bond donors (Lipinski definition) is 3. The van der Waals surface area contributed by atoms with Gasteiger partial charge in [-0.1, -0.05) is 12.1 Å². The summed E-state index contributed by atoms with van der Waals surface area (Å²) in [6, 6.07) is 15.9. The highest BCUT2D eigenvalue weighted by molar-refractivity contribution is 7.90. The Morgan fingerprint density at radius 2 is 1.73 bits per heavy atom. The molecule has 3 N–H and O–H groups in total. The van der Waals surface area contributed by atoms with E-state index in [0.717, 1.165) is 22.5 Å². The number of aromatic nitrogens is 5. The van der Waals surface area contributed by atoms with E-state index in [1.807, 2.05) is 18.2 Å². The van der Waals surface area contributed by atoms with Crippen molar-refractivity contribution in [3.63, 3.8) is 0 Å². The number of rotatable bonds is 4. The largest absolute Gasteiger partial charge is 0.323 e. The second-order valence-corrected chi connectivity index (χ2v) is 8.91. The van der Waals surface area contributed by atoms with Gasteiger partial charge in [0.1, 0.15) is 0 Å². The van der Waals surface area contributed by atoms with Gasteiger partial charge in [0.25, 0.3) is 0 Å². The van der Waals surface area contributed by atoms with Crippen molar-refractivity contribution in [1.29, 1.82) is 0 Å². The summed E-state index contributed by atoms with van der Waals surface area (Å²) in [7, 11) is -3.25. The molecule has 0 saturated carbocycles. The van der Waals surface area contributed by atoms with E-state index in [4.69, 9.17) is 0 Å². The molecule has 0 spiro atoms. The van der Waals surface area contributed by atoms with Crippen molar-refractivity contribution < 1.29 is 8.42 Å². The van der Waals surface area contributed by atoms with E-state index in [0.29, 0.717) is 17.0 Å². The van der Waals surface area contributed by atoms with Gasteiger partial charge >= 0.3 is 5.69 Å². The van der Waals surface area contributed by atoms with E-state index < -0.39 is 9.84 Å². The number of H-pyrrole nitrogens is 2. The van der Waals surface area contributed by atoms with Crippen LogP contribution in [0.3, 0.4) is 0 Å². The highest BCUT2D eigenvalue weighted by atomic mass is 32.2. The Kier molecular flexibility index (Phi) is 3.97. The molecule has 0 amide bonds. The highest BCUT2D eigenvalue weighted by Crippen LogP contribution is 2.24. The highest BCUT2D eigenvalue weighted by Gasteiger charge is 2.11. The zero-order valence-corrected chi connectivity index (χ0v) is 16.6. The summed E-state index contributed by atoms with van der Waals surface area (Å²) < 4.78 is 25.1. The molecule has 0 unspecified atom stereocenters. The molecule has 0 bridgehead atoms. The Hall–Kier alpha value is -3.92. The molecule has 0 aliphatic carbocycles. The number of anilines is 2. The van der Waals surface area contributed by atoms with Crippen LogP contribution in [0.4, 0.5) is 11.6 Å². The van der Waals surface area contributed by atoms with Crippen LogP contribution in [0.5, 0.6) is 0 Å². The molecule has 30 heavy (non-hydrogen) atoms. The van der Waals surface area contributed by atoms with Gasteiger partial charge in [-0.05, 0) is 42.5 Å². The second kappa shape index (κ2) is 6.56. The first kappa shape index (κ1) is 18.1. The molecule has 3 heterocycles. The van der Waals surface area contributed by atoms with Gasteiger partial charge in [0.15, 0.2) is 9.84 Å². The van der Waals surface area contributed by atoms with E-state index in [1.54, 1.807) is 47.1 Å². The van der Waals surface area contributed by atoms with Crippen LogP contribution in [0.1, 0.15) is 0 Å². The minimum atomic E-state index is -3.25. The summed E-state index contributed by atoms with van der Waals surface area (Å²) in [6.45, 7) is 0. The Balaban J connectivity index is 1.51. The average Bonchev–Trinajstić information content (AvgIpc) is 3.29. The fraction of sp³-hybridized carbons (Fsp3) is 0.0500. The van der Waals surface area contributed by atoms with Crippen molar-refractivity contribution in [1.82, 2.24) is 24.6 Å². The Morgan fingerprint density at radius 1 is 0.967 bits per heavy atom. The maximum atomic E-state index is 11.7. The van der Waals surface area contributed by atoms with Gasteiger partial charge < -0.3 is 15.3 Å². The zero-order valence-electron chi connectivity index (χ0n) is 15.7. The molecule has 0 atom stereocenters. The van der Waals surface area contributed by atoms with Gasteiger partial charge in [0, 0.05) is 17.5 Å². The smallest absolute Gasteiger partial charge is 0.323 e. The molecular formula is C20H16N6O3S. The van der Waals surface area contributed by atoms with Crippen molar-refractivity contribution in [2.24, 2.45) is 0 Å². The van der Waals surface area contributed by atoms with Crippen LogP contribution < -0.4 is 11.0 Å². The molecule has 5 aromatic rings. The summed E-state index contributed by atoms with van der Waals surface area (Å²) in [6.07, 6.45) is 2.88. The summed E-state index contributed by atoms with van der Waals surface area (Å²) >= 11 is 0. The second-order valence-electron chi connectivity index (χ2n) is 6.90. The number of nitrogens with zero attached hydrogens (tertiary/aromatic N) is 3. The Bertz CT molecular complexity index is 1560. The van der Waals surface area contributed by atoms with Crippen LogP contribution in [0.25, 0.3) is 27.8 Å². The van der Waals surface area contributed by atoms with Gasteiger partial charge in [0.2, 0.25) is 5.95 Å². The topological polar surface area (TPSA) is 125 Å². The first-order valence-electron chi connectivity index (χ1n) is 9.01. The Morgan fingerprint density at radius 3 is 2.50 bits per heavy atom. The van der Waals surface area contributed by atoms with Gasteiger partial charge in [-0.15, -0.1) is 5.10 Å². The van der Waals surface area contributed by atoms with Gasteiger partial charge in [0.05, 0.1) is 33.3 Å². The third-order valence-electron chi connectivity index (χ3n) is 4.75. The van der Waals surface area contributed by atoms with Crippen LogP contribution >= 0.6 is 0 Å². The molecule has 150 valence electrons. The molecule has 0 aliphatic rings. The van der Waals surface area contributed by atoms with Gasteiger partial charge in [-0.2, -0.15) is 0 Å². The fourth-order valence-electron chi connectivity index (χ4n) is 3.29. The molecule has 9 nitrogen and oxygen atoms in total. The average molecular weight is 420 g/mol. The third-order valence-corrected chi connectivity index (χ3v) is 5.88. The lowest BCUT2D eigenvalue weighted by atomic mass is 10.2. The van der Waals surface area contributed by atoms with Crippen LogP contribution in [0.2, 0.25) is 0 Å². The number of aromatic amines is 2. The summed E-state index contributed by atoms with van der Waals surface area (Å²) in [5.74, 6) is 0.380. The van der Waals surface area contributed by atoms with E-state index >= 15 is 0 Å². The predicted molar refractivity (Wildman–Crippen MR) is 114 cm³/mol. The molecule has 5 rings (SSSR count). The minimum absolute atomic E-state index is 0.265. The molecular weight excluding hydrogens is 404 g/mol.